The fourth-order valence-corrected chi connectivity index (χ4v) is 4.63. The van der Waals surface area contributed by atoms with Crippen LogP contribution < -0.4 is 16.4 Å². The van der Waals surface area contributed by atoms with Crippen LogP contribution in [0.5, 0.6) is 0 Å². The summed E-state index contributed by atoms with van der Waals surface area (Å²) < 4.78 is 0. The van der Waals surface area contributed by atoms with Gasteiger partial charge in [0.25, 0.3) is 5.91 Å². The van der Waals surface area contributed by atoms with Crippen molar-refractivity contribution in [2.24, 2.45) is 23.5 Å². The molecule has 0 radical (unpaired) electrons. The number of benzene rings is 2. The molecule has 2 saturated carbocycles. The molecule has 4 atom stereocenters. The summed E-state index contributed by atoms with van der Waals surface area (Å²) in [5, 5.41) is 5.98. The molecule has 4 N–H and O–H groups in total. The van der Waals surface area contributed by atoms with Crippen LogP contribution in [0.15, 0.2) is 48.5 Å². The van der Waals surface area contributed by atoms with Gasteiger partial charge in [0.05, 0.1) is 5.92 Å². The van der Waals surface area contributed by atoms with Crippen LogP contribution in [-0.4, -0.2) is 17.9 Å². The molecule has 140 valence electrons. The first kappa shape index (κ1) is 17.7. The first-order valence-corrected chi connectivity index (χ1v) is 9.57. The highest BCUT2D eigenvalue weighted by atomic mass is 16.2. The number of fused-ring (bicyclic) bond motifs is 2. The van der Waals surface area contributed by atoms with Crippen molar-refractivity contribution in [2.45, 2.75) is 32.2 Å². The largest absolute Gasteiger partial charge is 0.327 e. The van der Waals surface area contributed by atoms with E-state index in [-0.39, 0.29) is 23.8 Å². The third kappa shape index (κ3) is 3.35. The summed E-state index contributed by atoms with van der Waals surface area (Å²) >= 11 is 0. The minimum atomic E-state index is -0.169. The van der Waals surface area contributed by atoms with Crippen LogP contribution in [0.25, 0.3) is 0 Å². The van der Waals surface area contributed by atoms with Gasteiger partial charge in [-0.05, 0) is 67.9 Å². The maximum absolute atomic E-state index is 12.8. The van der Waals surface area contributed by atoms with Crippen molar-refractivity contribution in [1.29, 1.82) is 0 Å². The highest BCUT2D eigenvalue weighted by molar-refractivity contribution is 6.05. The van der Waals surface area contributed by atoms with Crippen molar-refractivity contribution in [3.05, 3.63) is 59.7 Å². The Morgan fingerprint density at radius 2 is 1.59 bits per heavy atom. The molecule has 0 aliphatic heterocycles. The molecule has 0 aromatic heterocycles. The Bertz CT molecular complexity index is 863. The van der Waals surface area contributed by atoms with Gasteiger partial charge in [0.2, 0.25) is 5.91 Å². The molecule has 2 aromatic carbocycles. The molecule has 2 bridgehead atoms. The van der Waals surface area contributed by atoms with E-state index in [1.165, 1.54) is 0 Å². The van der Waals surface area contributed by atoms with Crippen molar-refractivity contribution in [3.8, 4) is 0 Å². The molecule has 4 unspecified atom stereocenters. The first-order chi connectivity index (χ1) is 13.0. The van der Waals surface area contributed by atoms with Gasteiger partial charge in [-0.15, -0.1) is 0 Å². The molecule has 4 rings (SSSR count). The van der Waals surface area contributed by atoms with Crippen LogP contribution in [0.4, 0.5) is 11.4 Å². The number of nitrogens with two attached hydrogens (primary N) is 1. The fourth-order valence-electron chi connectivity index (χ4n) is 4.63. The summed E-state index contributed by atoms with van der Waals surface area (Å²) in [4.78, 5) is 25.3. The molecule has 0 heterocycles. The number of nitrogens with one attached hydrogen (secondary N) is 2. The lowest BCUT2D eigenvalue weighted by Gasteiger charge is -2.27. The summed E-state index contributed by atoms with van der Waals surface area (Å²) in [7, 11) is 0. The molecule has 5 heteroatoms. The minimum Gasteiger partial charge on any atom is -0.327 e. The third-order valence-electron chi connectivity index (χ3n) is 6.16. The topological polar surface area (TPSA) is 84.2 Å². The van der Waals surface area contributed by atoms with E-state index in [0.29, 0.717) is 23.1 Å². The van der Waals surface area contributed by atoms with Gasteiger partial charge >= 0.3 is 0 Å². The van der Waals surface area contributed by atoms with Gasteiger partial charge in [0.15, 0.2) is 0 Å². The quantitative estimate of drug-likeness (QED) is 0.776. The maximum atomic E-state index is 12.8. The number of anilines is 2. The molecular formula is C22H25N3O2. The van der Waals surface area contributed by atoms with E-state index in [1.54, 1.807) is 12.1 Å². The second-order valence-corrected chi connectivity index (χ2v) is 7.72. The molecule has 2 aliphatic carbocycles. The van der Waals surface area contributed by atoms with Crippen molar-refractivity contribution < 1.29 is 9.59 Å². The van der Waals surface area contributed by atoms with Crippen molar-refractivity contribution in [3.63, 3.8) is 0 Å². The van der Waals surface area contributed by atoms with Crippen LogP contribution in [0.3, 0.4) is 0 Å². The van der Waals surface area contributed by atoms with Crippen LogP contribution >= 0.6 is 0 Å². The average molecular weight is 363 g/mol. The van der Waals surface area contributed by atoms with Gasteiger partial charge < -0.3 is 16.4 Å². The molecule has 27 heavy (non-hydrogen) atoms. The Morgan fingerprint density at radius 1 is 0.926 bits per heavy atom. The average Bonchev–Trinajstić information content (AvgIpc) is 3.27. The lowest BCUT2D eigenvalue weighted by atomic mass is 9.84. The minimum absolute atomic E-state index is 0.00401. The standard InChI is InChI=1S/C22H25N3O2/c1-13-17(24-21(26)14-6-3-2-4-7-14)8-5-9-18(13)25-22(27)19-15-10-11-16(12-15)20(19)23/h2-9,15-16,19-20H,10-12,23H2,1H3,(H,24,26)(H,25,27). The fraction of sp³-hybridized carbons (Fsp3) is 0.364. The SMILES string of the molecule is Cc1c(NC(=O)c2ccccc2)cccc1NC(=O)C1C2CCC(C2)C1N. The third-order valence-corrected chi connectivity index (χ3v) is 6.16. The van der Waals surface area contributed by atoms with E-state index >= 15 is 0 Å². The van der Waals surface area contributed by atoms with Crippen molar-refractivity contribution >= 4 is 23.2 Å². The zero-order chi connectivity index (χ0) is 19.0. The zero-order valence-corrected chi connectivity index (χ0v) is 15.4. The predicted octanol–water partition coefficient (Wildman–Crippen LogP) is 3.56. The maximum Gasteiger partial charge on any atom is 0.255 e. The number of amides is 2. The summed E-state index contributed by atoms with van der Waals surface area (Å²) in [5.41, 5.74) is 9.15. The van der Waals surface area contributed by atoms with Crippen LogP contribution in [0, 0.1) is 24.7 Å². The lowest BCUT2D eigenvalue weighted by molar-refractivity contribution is -0.121. The van der Waals surface area contributed by atoms with E-state index in [4.69, 9.17) is 5.73 Å². The Hall–Kier alpha value is -2.66. The molecule has 2 fully saturated rings. The summed E-state index contributed by atoms with van der Waals surface area (Å²) in [6, 6.07) is 14.6. The molecule has 2 amide bonds. The van der Waals surface area contributed by atoms with E-state index in [2.05, 4.69) is 10.6 Å². The van der Waals surface area contributed by atoms with Crippen LogP contribution in [0.2, 0.25) is 0 Å². The second kappa shape index (κ2) is 7.16. The molecule has 0 spiro atoms. The number of rotatable bonds is 4. The molecule has 2 aromatic rings. The highest BCUT2D eigenvalue weighted by Crippen LogP contribution is 2.48. The summed E-state index contributed by atoms with van der Waals surface area (Å²) in [6.45, 7) is 1.90. The van der Waals surface area contributed by atoms with Gasteiger partial charge in [0.1, 0.15) is 0 Å². The summed E-state index contributed by atoms with van der Waals surface area (Å²) in [5.74, 6) is 0.627. The number of carbonyl (C=O) groups is 2. The molecule has 0 saturated heterocycles. The van der Waals surface area contributed by atoms with Gasteiger partial charge in [-0.1, -0.05) is 24.3 Å². The van der Waals surface area contributed by atoms with Crippen molar-refractivity contribution in [1.82, 2.24) is 0 Å². The Labute approximate surface area is 159 Å². The predicted molar refractivity (Wildman–Crippen MR) is 107 cm³/mol. The molecule has 5 nitrogen and oxygen atoms in total. The van der Waals surface area contributed by atoms with Crippen LogP contribution in [-0.2, 0) is 4.79 Å². The molecule has 2 aliphatic rings. The summed E-state index contributed by atoms with van der Waals surface area (Å²) in [6.07, 6.45) is 3.32. The van der Waals surface area contributed by atoms with Crippen LogP contribution in [0.1, 0.15) is 35.2 Å². The number of hydrogen-bond acceptors (Lipinski definition) is 3. The van der Waals surface area contributed by atoms with Gasteiger partial charge in [-0.25, -0.2) is 0 Å². The Balaban J connectivity index is 1.49. The lowest BCUT2D eigenvalue weighted by Crippen LogP contribution is -2.42. The Morgan fingerprint density at radius 3 is 2.26 bits per heavy atom. The van der Waals surface area contributed by atoms with Gasteiger partial charge in [-0.3, -0.25) is 9.59 Å². The first-order valence-electron chi connectivity index (χ1n) is 9.57. The van der Waals surface area contributed by atoms with E-state index in [0.717, 1.165) is 30.5 Å². The second-order valence-electron chi connectivity index (χ2n) is 7.72. The monoisotopic (exact) mass is 363 g/mol. The van der Waals surface area contributed by atoms with Gasteiger partial charge in [0, 0.05) is 23.0 Å². The number of carbonyl (C=O) groups excluding carboxylic acids is 2. The zero-order valence-electron chi connectivity index (χ0n) is 15.4. The van der Waals surface area contributed by atoms with Gasteiger partial charge in [-0.2, -0.15) is 0 Å². The smallest absolute Gasteiger partial charge is 0.255 e. The molecular weight excluding hydrogens is 338 g/mol. The number of hydrogen-bond donors (Lipinski definition) is 3. The van der Waals surface area contributed by atoms with Crippen molar-refractivity contribution in [2.75, 3.05) is 10.6 Å². The van der Waals surface area contributed by atoms with E-state index < -0.39 is 0 Å². The van der Waals surface area contributed by atoms with E-state index in [9.17, 15) is 9.59 Å². The normalized spacial score (nSPS) is 26.0. The van der Waals surface area contributed by atoms with E-state index in [1.807, 2.05) is 43.3 Å². The highest BCUT2D eigenvalue weighted by Gasteiger charge is 2.49. The Kier molecular flexibility index (Phi) is 4.70.